The predicted octanol–water partition coefficient (Wildman–Crippen LogP) is 3.45. The zero-order chi connectivity index (χ0) is 17.4. The fourth-order valence-electron chi connectivity index (χ4n) is 2.97. The van der Waals surface area contributed by atoms with E-state index in [1.807, 2.05) is 39.2 Å². The Morgan fingerprint density at radius 2 is 2.08 bits per heavy atom. The lowest BCUT2D eigenvalue weighted by Gasteiger charge is -2.30. The van der Waals surface area contributed by atoms with Gasteiger partial charge in [0.2, 0.25) is 0 Å². The van der Waals surface area contributed by atoms with Crippen LogP contribution in [0, 0.1) is 0 Å². The lowest BCUT2D eigenvalue weighted by Crippen LogP contribution is -2.37. The van der Waals surface area contributed by atoms with Crippen molar-refractivity contribution < 1.29 is 4.74 Å². The molecule has 1 unspecified atom stereocenters. The fourth-order valence-corrected chi connectivity index (χ4v) is 2.97. The van der Waals surface area contributed by atoms with Crippen molar-refractivity contribution >= 4 is 22.3 Å². The fraction of sp³-hybridized carbons (Fsp3) is 0.263. The molecule has 0 radical (unpaired) electrons. The van der Waals surface area contributed by atoms with Crippen LogP contribution in [0.2, 0.25) is 0 Å². The number of aromatic amines is 2. The number of dihydropyridines is 1. The first-order valence-corrected chi connectivity index (χ1v) is 8.29. The molecular formula is C19H21N5O. The van der Waals surface area contributed by atoms with Gasteiger partial charge in [-0.25, -0.2) is 4.98 Å². The van der Waals surface area contributed by atoms with E-state index in [0.29, 0.717) is 0 Å². The van der Waals surface area contributed by atoms with Gasteiger partial charge >= 0.3 is 0 Å². The Kier molecular flexibility index (Phi) is 3.69. The van der Waals surface area contributed by atoms with Gasteiger partial charge in [0.15, 0.2) is 0 Å². The Balaban J connectivity index is 1.79. The maximum atomic E-state index is 6.16. The number of H-pyrrole nitrogens is 2. The van der Waals surface area contributed by atoms with Crippen molar-refractivity contribution in [1.29, 1.82) is 0 Å². The molecule has 25 heavy (non-hydrogen) atoms. The molecule has 0 aliphatic carbocycles. The van der Waals surface area contributed by atoms with Crippen molar-refractivity contribution in [3.05, 3.63) is 60.2 Å². The zero-order valence-corrected chi connectivity index (χ0v) is 14.5. The third kappa shape index (κ3) is 3.21. The molecule has 1 aliphatic rings. The van der Waals surface area contributed by atoms with Crippen LogP contribution in [-0.2, 0) is 4.74 Å². The zero-order valence-electron chi connectivity index (χ0n) is 14.5. The Morgan fingerprint density at radius 1 is 1.20 bits per heavy atom. The first-order chi connectivity index (χ1) is 12.0. The number of nitrogens with one attached hydrogen (secondary N) is 3. The van der Waals surface area contributed by atoms with E-state index in [0.717, 1.165) is 33.4 Å². The van der Waals surface area contributed by atoms with Crippen LogP contribution in [0.15, 0.2) is 49.1 Å². The topological polar surface area (TPSA) is 78.6 Å². The SMILES string of the molecule is CC(C)(C)OC1C=C(c2c[nH]c3ncccc23)C=C(c2cn[nH]c2)N1. The number of rotatable bonds is 3. The van der Waals surface area contributed by atoms with Gasteiger partial charge in [-0.3, -0.25) is 5.10 Å². The van der Waals surface area contributed by atoms with Gasteiger partial charge in [-0.2, -0.15) is 5.10 Å². The van der Waals surface area contributed by atoms with E-state index >= 15 is 0 Å². The van der Waals surface area contributed by atoms with Crippen molar-refractivity contribution in [2.24, 2.45) is 0 Å². The second kappa shape index (κ2) is 5.89. The molecule has 3 aromatic rings. The third-order valence-corrected chi connectivity index (χ3v) is 3.98. The molecule has 6 nitrogen and oxygen atoms in total. The molecule has 3 aromatic heterocycles. The average Bonchev–Trinajstić information content (AvgIpc) is 3.23. The molecule has 0 saturated carbocycles. The molecule has 6 heteroatoms. The van der Waals surface area contributed by atoms with Gasteiger partial charge < -0.3 is 15.0 Å². The second-order valence-corrected chi connectivity index (χ2v) is 7.06. The smallest absolute Gasteiger partial charge is 0.148 e. The van der Waals surface area contributed by atoms with Crippen LogP contribution in [0.5, 0.6) is 0 Å². The molecule has 0 spiro atoms. The van der Waals surface area contributed by atoms with Gasteiger partial charge in [0.25, 0.3) is 0 Å². The van der Waals surface area contributed by atoms with Crippen LogP contribution in [-0.4, -0.2) is 32.0 Å². The lowest BCUT2D eigenvalue weighted by atomic mass is 10.00. The number of nitrogens with zero attached hydrogens (tertiary/aromatic N) is 2. The Hall–Kier alpha value is -2.86. The van der Waals surface area contributed by atoms with Crippen LogP contribution in [0.25, 0.3) is 22.3 Å². The van der Waals surface area contributed by atoms with Crippen molar-refractivity contribution in [3.8, 4) is 0 Å². The van der Waals surface area contributed by atoms with Gasteiger partial charge in [-0.1, -0.05) is 0 Å². The molecule has 0 bridgehead atoms. The molecule has 128 valence electrons. The van der Waals surface area contributed by atoms with Gasteiger partial charge in [-0.05, 0) is 50.6 Å². The number of allylic oxidation sites excluding steroid dienone is 2. The standard InChI is InChI=1S/C19H21N5O/c1-19(2,3)25-17-8-12(7-16(24-17)13-9-22-23-10-13)15-11-21-18-14(15)5-4-6-20-18/h4-11,17,24H,1-3H3,(H,20,21)(H,22,23). The molecule has 4 rings (SSSR count). The van der Waals surface area contributed by atoms with Gasteiger partial charge in [-0.15, -0.1) is 0 Å². The number of fused-ring (bicyclic) bond motifs is 1. The molecule has 3 N–H and O–H groups in total. The Labute approximate surface area is 146 Å². The van der Waals surface area contributed by atoms with E-state index in [4.69, 9.17) is 4.74 Å². The monoisotopic (exact) mass is 335 g/mol. The highest BCUT2D eigenvalue weighted by atomic mass is 16.5. The molecule has 0 saturated heterocycles. The minimum absolute atomic E-state index is 0.230. The quantitative estimate of drug-likeness (QED) is 0.685. The first kappa shape index (κ1) is 15.7. The van der Waals surface area contributed by atoms with Crippen LogP contribution >= 0.6 is 0 Å². The van der Waals surface area contributed by atoms with E-state index in [9.17, 15) is 0 Å². The maximum absolute atomic E-state index is 6.16. The first-order valence-electron chi connectivity index (χ1n) is 8.29. The maximum Gasteiger partial charge on any atom is 0.148 e. The van der Waals surface area contributed by atoms with E-state index in [1.54, 1.807) is 12.4 Å². The average molecular weight is 335 g/mol. The van der Waals surface area contributed by atoms with E-state index in [2.05, 4.69) is 43.7 Å². The summed E-state index contributed by atoms with van der Waals surface area (Å²) in [5.74, 6) is 0. The highest BCUT2D eigenvalue weighted by molar-refractivity contribution is 5.96. The molecular weight excluding hydrogens is 314 g/mol. The van der Waals surface area contributed by atoms with E-state index < -0.39 is 0 Å². The van der Waals surface area contributed by atoms with Gasteiger partial charge in [0.1, 0.15) is 11.9 Å². The predicted molar refractivity (Wildman–Crippen MR) is 98.4 cm³/mol. The Morgan fingerprint density at radius 3 is 2.84 bits per heavy atom. The summed E-state index contributed by atoms with van der Waals surface area (Å²) >= 11 is 0. The second-order valence-electron chi connectivity index (χ2n) is 7.06. The number of pyridine rings is 1. The van der Waals surface area contributed by atoms with Crippen molar-refractivity contribution in [2.75, 3.05) is 0 Å². The van der Waals surface area contributed by atoms with Crippen LogP contribution in [0.4, 0.5) is 0 Å². The molecule has 0 aromatic carbocycles. The minimum atomic E-state index is -0.264. The Bertz CT molecular complexity index is 944. The van der Waals surface area contributed by atoms with Crippen LogP contribution in [0.1, 0.15) is 31.9 Å². The van der Waals surface area contributed by atoms with E-state index in [-0.39, 0.29) is 11.8 Å². The number of aromatic nitrogens is 4. The summed E-state index contributed by atoms with van der Waals surface area (Å²) in [4.78, 5) is 7.62. The van der Waals surface area contributed by atoms with Crippen molar-refractivity contribution in [2.45, 2.75) is 32.6 Å². The lowest BCUT2D eigenvalue weighted by molar-refractivity contribution is -0.0451. The van der Waals surface area contributed by atoms with Crippen molar-refractivity contribution in [1.82, 2.24) is 25.5 Å². The summed E-state index contributed by atoms with van der Waals surface area (Å²) in [6.07, 6.45) is 11.4. The minimum Gasteiger partial charge on any atom is -0.356 e. The highest BCUT2D eigenvalue weighted by Gasteiger charge is 2.23. The van der Waals surface area contributed by atoms with Gasteiger partial charge in [0, 0.05) is 40.8 Å². The largest absolute Gasteiger partial charge is 0.356 e. The molecule has 0 amide bonds. The molecule has 4 heterocycles. The summed E-state index contributed by atoms with van der Waals surface area (Å²) in [6, 6.07) is 4.02. The van der Waals surface area contributed by atoms with Crippen LogP contribution < -0.4 is 5.32 Å². The summed E-state index contributed by atoms with van der Waals surface area (Å²) in [5.41, 5.74) is 4.77. The number of ether oxygens (including phenoxy) is 1. The highest BCUT2D eigenvalue weighted by Crippen LogP contribution is 2.31. The third-order valence-electron chi connectivity index (χ3n) is 3.98. The molecule has 1 atom stereocenters. The summed E-state index contributed by atoms with van der Waals surface area (Å²) < 4.78 is 6.16. The van der Waals surface area contributed by atoms with Crippen molar-refractivity contribution in [3.63, 3.8) is 0 Å². The summed E-state index contributed by atoms with van der Waals surface area (Å²) in [6.45, 7) is 6.15. The summed E-state index contributed by atoms with van der Waals surface area (Å²) in [5, 5.41) is 11.4. The van der Waals surface area contributed by atoms with Gasteiger partial charge in [0.05, 0.1) is 11.8 Å². The molecule has 1 aliphatic heterocycles. The normalized spacial score (nSPS) is 18.0. The number of hydrogen-bond acceptors (Lipinski definition) is 4. The number of hydrogen-bond donors (Lipinski definition) is 3. The summed E-state index contributed by atoms with van der Waals surface area (Å²) in [7, 11) is 0. The van der Waals surface area contributed by atoms with Crippen LogP contribution in [0.3, 0.4) is 0 Å². The van der Waals surface area contributed by atoms with E-state index in [1.165, 1.54) is 0 Å². The molecule has 0 fully saturated rings.